The van der Waals surface area contributed by atoms with Crippen LogP contribution in [0.5, 0.6) is 5.75 Å². The van der Waals surface area contributed by atoms with E-state index in [2.05, 4.69) is 15.0 Å². The molecule has 9 heteroatoms. The normalized spacial score (nSPS) is 19.8. The van der Waals surface area contributed by atoms with Crippen LogP contribution in [0.25, 0.3) is 6.08 Å². The van der Waals surface area contributed by atoms with Gasteiger partial charge in [0.1, 0.15) is 12.4 Å². The third kappa shape index (κ3) is 4.20. The standard InChI is InChI=1S/C23H24N6O2S/c24-20-19(16-17-8-7-13-27(17)14-15-31-18-9-3-1-4-10-18)21(30)25-22-29(20)26-23(32-22)28-11-5-2-6-12-28/h1,3-4,7-10,13,16,24H,2,5-6,11-12,14-15H2/b19-16-,24-20?. The van der Waals surface area contributed by atoms with Crippen molar-refractivity contribution in [3.63, 3.8) is 0 Å². The van der Waals surface area contributed by atoms with Gasteiger partial charge in [-0.05, 0) is 61.4 Å². The van der Waals surface area contributed by atoms with Gasteiger partial charge in [0.2, 0.25) is 5.17 Å². The fraction of sp³-hybridized carbons (Fsp3) is 0.304. The Morgan fingerprint density at radius 3 is 2.69 bits per heavy atom. The van der Waals surface area contributed by atoms with Crippen LogP contribution >= 0.6 is 11.8 Å². The van der Waals surface area contributed by atoms with E-state index in [0.717, 1.165) is 42.5 Å². The highest BCUT2D eigenvalue weighted by Gasteiger charge is 2.37. The summed E-state index contributed by atoms with van der Waals surface area (Å²) in [6, 6.07) is 13.5. The van der Waals surface area contributed by atoms with E-state index in [4.69, 9.17) is 10.1 Å². The van der Waals surface area contributed by atoms with E-state index in [9.17, 15) is 4.79 Å². The topological polar surface area (TPSA) is 86.3 Å². The number of carbonyl (C=O) groups is 1. The van der Waals surface area contributed by atoms with E-state index in [-0.39, 0.29) is 11.4 Å². The molecule has 1 N–H and O–H groups in total. The number of aromatic nitrogens is 1. The van der Waals surface area contributed by atoms with Crippen molar-refractivity contribution >= 4 is 39.9 Å². The van der Waals surface area contributed by atoms with Crippen LogP contribution in [0.2, 0.25) is 0 Å². The summed E-state index contributed by atoms with van der Waals surface area (Å²) in [5.74, 6) is 0.476. The van der Waals surface area contributed by atoms with Gasteiger partial charge in [0.15, 0.2) is 11.0 Å². The molecule has 3 aliphatic rings. The van der Waals surface area contributed by atoms with Crippen LogP contribution in [0.15, 0.2) is 64.3 Å². The molecule has 0 radical (unpaired) electrons. The van der Waals surface area contributed by atoms with Gasteiger partial charge in [-0.15, -0.1) is 5.10 Å². The van der Waals surface area contributed by atoms with E-state index in [0.29, 0.717) is 18.3 Å². The van der Waals surface area contributed by atoms with Gasteiger partial charge in [-0.3, -0.25) is 10.2 Å². The van der Waals surface area contributed by atoms with Gasteiger partial charge < -0.3 is 14.2 Å². The molecule has 0 saturated carbocycles. The first-order chi connectivity index (χ1) is 15.7. The highest BCUT2D eigenvalue weighted by atomic mass is 32.2. The zero-order chi connectivity index (χ0) is 21.9. The number of benzene rings is 1. The Hall–Kier alpha value is -3.33. The molecule has 0 unspecified atom stereocenters. The number of carbonyl (C=O) groups excluding carboxylic acids is 1. The van der Waals surface area contributed by atoms with Crippen molar-refractivity contribution in [2.24, 2.45) is 10.1 Å². The van der Waals surface area contributed by atoms with Gasteiger partial charge in [0, 0.05) is 25.0 Å². The van der Waals surface area contributed by atoms with Crippen molar-refractivity contribution in [1.29, 1.82) is 5.41 Å². The number of nitrogens with one attached hydrogen (secondary N) is 1. The Bertz CT molecular complexity index is 1110. The van der Waals surface area contributed by atoms with E-state index in [1.54, 1.807) is 6.08 Å². The van der Waals surface area contributed by atoms with Crippen LogP contribution < -0.4 is 4.74 Å². The lowest BCUT2D eigenvalue weighted by Crippen LogP contribution is -2.35. The minimum Gasteiger partial charge on any atom is -0.492 e. The molecule has 1 fully saturated rings. The minimum absolute atomic E-state index is 0.0628. The number of fused-ring (bicyclic) bond motifs is 1. The molecule has 8 nitrogen and oxygen atoms in total. The fourth-order valence-electron chi connectivity index (χ4n) is 3.88. The van der Waals surface area contributed by atoms with Crippen molar-refractivity contribution in [2.75, 3.05) is 19.7 Å². The molecule has 32 heavy (non-hydrogen) atoms. The molecule has 0 bridgehead atoms. The summed E-state index contributed by atoms with van der Waals surface area (Å²) >= 11 is 1.37. The number of aliphatic imine (C=N–C) groups is 1. The summed E-state index contributed by atoms with van der Waals surface area (Å²) in [7, 11) is 0. The van der Waals surface area contributed by atoms with Crippen molar-refractivity contribution in [2.45, 2.75) is 25.8 Å². The second-order valence-electron chi connectivity index (χ2n) is 7.74. The largest absolute Gasteiger partial charge is 0.492 e. The molecule has 3 aliphatic heterocycles. The van der Waals surface area contributed by atoms with Gasteiger partial charge in [-0.1, -0.05) is 18.2 Å². The molecule has 0 spiro atoms. The number of amidine groups is 3. The van der Waals surface area contributed by atoms with Crippen LogP contribution in [-0.2, 0) is 11.3 Å². The maximum Gasteiger partial charge on any atom is 0.283 e. The predicted octanol–water partition coefficient (Wildman–Crippen LogP) is 3.63. The highest BCUT2D eigenvalue weighted by molar-refractivity contribution is 8.26. The lowest BCUT2D eigenvalue weighted by molar-refractivity contribution is -0.114. The first kappa shape index (κ1) is 20.6. The quantitative estimate of drug-likeness (QED) is 0.706. The zero-order valence-electron chi connectivity index (χ0n) is 17.6. The molecule has 1 aromatic carbocycles. The second kappa shape index (κ2) is 9.04. The Kier molecular flexibility index (Phi) is 5.81. The van der Waals surface area contributed by atoms with Crippen molar-refractivity contribution in [3.8, 4) is 5.75 Å². The van der Waals surface area contributed by atoms with Crippen LogP contribution in [0.1, 0.15) is 25.0 Å². The molecule has 4 heterocycles. The van der Waals surface area contributed by atoms with Crippen molar-refractivity contribution < 1.29 is 9.53 Å². The minimum atomic E-state index is -0.405. The number of para-hydroxylation sites is 1. The molecule has 0 atom stereocenters. The first-order valence-corrected chi connectivity index (χ1v) is 11.6. The van der Waals surface area contributed by atoms with Crippen LogP contribution in [0, 0.1) is 5.41 Å². The smallest absolute Gasteiger partial charge is 0.283 e. The zero-order valence-corrected chi connectivity index (χ0v) is 18.4. The molecule has 164 valence electrons. The highest BCUT2D eigenvalue weighted by Crippen LogP contribution is 2.30. The number of nitrogens with zero attached hydrogens (tertiary/aromatic N) is 5. The third-order valence-electron chi connectivity index (χ3n) is 5.57. The van der Waals surface area contributed by atoms with E-state index >= 15 is 0 Å². The number of amides is 1. The van der Waals surface area contributed by atoms with Crippen LogP contribution in [0.3, 0.4) is 0 Å². The van der Waals surface area contributed by atoms with Gasteiger partial charge in [-0.2, -0.15) is 10.0 Å². The lowest BCUT2D eigenvalue weighted by atomic mass is 10.1. The summed E-state index contributed by atoms with van der Waals surface area (Å²) in [6.45, 7) is 3.02. The lowest BCUT2D eigenvalue weighted by Gasteiger charge is -2.26. The summed E-state index contributed by atoms with van der Waals surface area (Å²) < 4.78 is 7.78. The Balaban J connectivity index is 1.31. The van der Waals surface area contributed by atoms with E-state index in [1.165, 1.54) is 23.2 Å². The predicted molar refractivity (Wildman–Crippen MR) is 127 cm³/mol. The van der Waals surface area contributed by atoms with Crippen molar-refractivity contribution in [1.82, 2.24) is 14.5 Å². The molecule has 1 amide bonds. The Morgan fingerprint density at radius 1 is 1.06 bits per heavy atom. The molecular formula is C23H24N6O2S. The number of hydrazone groups is 1. The van der Waals surface area contributed by atoms with Crippen LogP contribution in [-0.4, -0.2) is 56.3 Å². The maximum atomic E-state index is 12.7. The monoisotopic (exact) mass is 448 g/mol. The van der Waals surface area contributed by atoms with Gasteiger partial charge in [-0.25, -0.2) is 0 Å². The number of thioether (sulfide) groups is 1. The molecular weight excluding hydrogens is 424 g/mol. The van der Waals surface area contributed by atoms with Crippen molar-refractivity contribution in [3.05, 3.63) is 59.9 Å². The Labute approximate surface area is 190 Å². The van der Waals surface area contributed by atoms with Gasteiger partial charge in [0.25, 0.3) is 5.91 Å². The molecule has 1 aromatic heterocycles. The SMILES string of the molecule is N=C1/C(=C/c2cccn2CCOc2ccccc2)C(=O)N=C2SC(N3CCCCC3)=NN12. The third-order valence-corrected chi connectivity index (χ3v) is 6.54. The maximum absolute atomic E-state index is 12.7. The molecule has 0 aliphatic carbocycles. The number of hydrogen-bond acceptors (Lipinski definition) is 6. The molecule has 2 aromatic rings. The summed E-state index contributed by atoms with van der Waals surface area (Å²) in [5, 5.41) is 16.0. The first-order valence-electron chi connectivity index (χ1n) is 10.8. The summed E-state index contributed by atoms with van der Waals surface area (Å²) in [4.78, 5) is 19.2. The number of ether oxygens (including phenoxy) is 1. The molecule has 1 saturated heterocycles. The van der Waals surface area contributed by atoms with E-state index < -0.39 is 5.91 Å². The number of hydrogen-bond donors (Lipinski definition) is 1. The number of piperidine rings is 1. The summed E-state index contributed by atoms with van der Waals surface area (Å²) in [5.41, 5.74) is 1.06. The average molecular weight is 449 g/mol. The Morgan fingerprint density at radius 2 is 1.88 bits per heavy atom. The number of rotatable bonds is 5. The van der Waals surface area contributed by atoms with Gasteiger partial charge in [0.05, 0.1) is 12.1 Å². The van der Waals surface area contributed by atoms with Crippen LogP contribution in [0.4, 0.5) is 0 Å². The summed E-state index contributed by atoms with van der Waals surface area (Å²) in [6.07, 6.45) is 7.16. The van der Waals surface area contributed by atoms with E-state index in [1.807, 2.05) is 53.2 Å². The average Bonchev–Trinajstić information content (AvgIpc) is 3.45. The molecule has 5 rings (SSSR count). The number of likely N-dealkylation sites (tertiary alicyclic amines) is 1. The van der Waals surface area contributed by atoms with Gasteiger partial charge >= 0.3 is 0 Å². The second-order valence-corrected chi connectivity index (χ2v) is 8.67. The fourth-order valence-corrected chi connectivity index (χ4v) is 4.83.